The highest BCUT2D eigenvalue weighted by Gasteiger charge is 2.29. The van der Waals surface area contributed by atoms with E-state index in [4.69, 9.17) is 9.84 Å². The van der Waals surface area contributed by atoms with Gasteiger partial charge < -0.3 is 19.8 Å². The summed E-state index contributed by atoms with van der Waals surface area (Å²) in [6.45, 7) is 1.30. The van der Waals surface area contributed by atoms with E-state index in [0.29, 0.717) is 25.9 Å². The Morgan fingerprint density at radius 1 is 1.24 bits per heavy atom. The second kappa shape index (κ2) is 12.6. The summed E-state index contributed by atoms with van der Waals surface area (Å²) < 4.78 is 5.15. The lowest BCUT2D eigenvalue weighted by atomic mass is 9.99. The largest absolute Gasteiger partial charge is 0.481 e. The molecular weight excluding hydrogens is 370 g/mol. The second-order valence-corrected chi connectivity index (χ2v) is 7.96. The van der Waals surface area contributed by atoms with Crippen LogP contribution in [0.25, 0.3) is 0 Å². The minimum atomic E-state index is -0.743. The number of ether oxygens (including phenoxy) is 1. The smallest absolute Gasteiger partial charge is 0.303 e. The van der Waals surface area contributed by atoms with Gasteiger partial charge in [0, 0.05) is 32.5 Å². The summed E-state index contributed by atoms with van der Waals surface area (Å²) in [7, 11) is 1.66. The lowest BCUT2D eigenvalue weighted by molar-refractivity contribution is -0.137. The van der Waals surface area contributed by atoms with Gasteiger partial charge in [0.15, 0.2) is 0 Å². The van der Waals surface area contributed by atoms with Crippen LogP contribution in [0, 0.1) is 0 Å². The maximum atomic E-state index is 12.2. The lowest BCUT2D eigenvalue weighted by Crippen LogP contribution is -2.33. The highest BCUT2D eigenvalue weighted by atomic mass is 16.5. The monoisotopic (exact) mass is 405 g/mol. The van der Waals surface area contributed by atoms with E-state index in [9.17, 15) is 14.7 Å². The minimum Gasteiger partial charge on any atom is -0.481 e. The fourth-order valence-electron chi connectivity index (χ4n) is 4.08. The molecule has 29 heavy (non-hydrogen) atoms. The van der Waals surface area contributed by atoms with Crippen molar-refractivity contribution < 1.29 is 24.5 Å². The average molecular weight is 406 g/mol. The van der Waals surface area contributed by atoms with Crippen molar-refractivity contribution in [2.75, 3.05) is 13.7 Å². The fraction of sp³-hybridized carbons (Fsp3) is 0.652. The van der Waals surface area contributed by atoms with Gasteiger partial charge in [-0.3, -0.25) is 9.59 Å². The highest BCUT2D eigenvalue weighted by Crippen LogP contribution is 2.27. The van der Waals surface area contributed by atoms with Crippen molar-refractivity contribution in [3.05, 3.63) is 35.4 Å². The number of methoxy groups -OCH3 is 1. The summed E-state index contributed by atoms with van der Waals surface area (Å²) >= 11 is 0. The first kappa shape index (κ1) is 23.4. The molecule has 1 aliphatic rings. The van der Waals surface area contributed by atoms with Crippen LogP contribution in [0.15, 0.2) is 24.3 Å². The third-order valence-corrected chi connectivity index (χ3v) is 5.65. The van der Waals surface area contributed by atoms with Crippen LogP contribution in [0.3, 0.4) is 0 Å². The Kier molecular flexibility index (Phi) is 10.2. The summed E-state index contributed by atoms with van der Waals surface area (Å²) in [5.74, 6) is -0.513. The molecule has 162 valence electrons. The highest BCUT2D eigenvalue weighted by molar-refractivity contribution is 5.78. The van der Waals surface area contributed by atoms with E-state index in [1.54, 1.807) is 7.11 Å². The van der Waals surface area contributed by atoms with Crippen LogP contribution < -0.4 is 0 Å². The Balaban J connectivity index is 1.70. The van der Waals surface area contributed by atoms with Gasteiger partial charge in [0.2, 0.25) is 5.91 Å². The normalized spacial score (nSPS) is 17.7. The minimum absolute atomic E-state index is 0.224. The summed E-state index contributed by atoms with van der Waals surface area (Å²) in [6.07, 6.45) is 7.21. The molecule has 6 heteroatoms. The molecular formula is C23H35NO5. The summed E-state index contributed by atoms with van der Waals surface area (Å²) in [6, 6.07) is 8.14. The van der Waals surface area contributed by atoms with E-state index < -0.39 is 12.1 Å². The van der Waals surface area contributed by atoms with Crippen molar-refractivity contribution in [2.24, 2.45) is 0 Å². The number of hydrogen-bond acceptors (Lipinski definition) is 4. The number of likely N-dealkylation sites (tertiary alicyclic amines) is 1. The van der Waals surface area contributed by atoms with Crippen molar-refractivity contribution >= 4 is 11.9 Å². The zero-order valence-corrected chi connectivity index (χ0v) is 17.5. The molecule has 6 nitrogen and oxygen atoms in total. The molecule has 1 aromatic carbocycles. The third kappa shape index (κ3) is 8.15. The van der Waals surface area contributed by atoms with E-state index in [1.807, 2.05) is 29.2 Å². The number of carboxylic acid groups (broad SMARTS) is 1. The summed E-state index contributed by atoms with van der Waals surface area (Å²) in [5, 5.41) is 19.2. The zero-order valence-electron chi connectivity index (χ0n) is 17.5. The number of aliphatic hydroxyl groups is 1. The van der Waals surface area contributed by atoms with E-state index in [2.05, 4.69) is 0 Å². The number of amides is 1. The molecule has 0 aromatic heterocycles. The first-order chi connectivity index (χ1) is 14.0. The number of nitrogens with zero attached hydrogens (tertiary/aromatic N) is 1. The van der Waals surface area contributed by atoms with E-state index in [0.717, 1.165) is 56.2 Å². The van der Waals surface area contributed by atoms with E-state index in [-0.39, 0.29) is 18.4 Å². The van der Waals surface area contributed by atoms with Crippen molar-refractivity contribution in [3.8, 4) is 0 Å². The van der Waals surface area contributed by atoms with Gasteiger partial charge in [-0.15, -0.1) is 0 Å². The molecule has 0 saturated carbocycles. The van der Waals surface area contributed by atoms with Gasteiger partial charge >= 0.3 is 5.97 Å². The maximum absolute atomic E-state index is 12.2. The molecule has 0 bridgehead atoms. The Morgan fingerprint density at radius 3 is 2.79 bits per heavy atom. The second-order valence-electron chi connectivity index (χ2n) is 7.96. The number of carboxylic acids is 1. The SMILES string of the molecule is COCc1cccc([C@H](O)CCC[C@H]2CCC(=O)N2CCCCCCC(=O)O)c1. The first-order valence-electron chi connectivity index (χ1n) is 10.8. The number of hydrogen-bond donors (Lipinski definition) is 2. The van der Waals surface area contributed by atoms with Gasteiger partial charge in [-0.2, -0.15) is 0 Å². The topological polar surface area (TPSA) is 87.1 Å². The van der Waals surface area contributed by atoms with Gasteiger partial charge in [-0.05, 0) is 49.7 Å². The maximum Gasteiger partial charge on any atom is 0.303 e. The van der Waals surface area contributed by atoms with Crippen molar-refractivity contribution in [1.29, 1.82) is 0 Å². The van der Waals surface area contributed by atoms with E-state index >= 15 is 0 Å². The number of rotatable bonds is 14. The van der Waals surface area contributed by atoms with Crippen LogP contribution in [-0.4, -0.2) is 46.7 Å². The third-order valence-electron chi connectivity index (χ3n) is 5.65. The van der Waals surface area contributed by atoms with Crippen molar-refractivity contribution in [1.82, 2.24) is 4.90 Å². The van der Waals surface area contributed by atoms with Crippen LogP contribution in [0.5, 0.6) is 0 Å². The first-order valence-corrected chi connectivity index (χ1v) is 10.8. The number of aliphatic hydroxyl groups excluding tert-OH is 1. The molecule has 1 saturated heterocycles. The molecule has 0 aliphatic carbocycles. The molecule has 2 N–H and O–H groups in total. The Bertz CT molecular complexity index is 648. The number of aliphatic carboxylic acids is 1. The molecule has 1 heterocycles. The van der Waals surface area contributed by atoms with Crippen LogP contribution in [0.1, 0.15) is 81.4 Å². The lowest BCUT2D eigenvalue weighted by Gasteiger charge is -2.25. The number of benzene rings is 1. The Hall–Kier alpha value is -1.92. The molecule has 1 amide bonds. The average Bonchev–Trinajstić information content (AvgIpc) is 3.04. The molecule has 2 atom stereocenters. The van der Waals surface area contributed by atoms with Gasteiger partial charge in [-0.25, -0.2) is 0 Å². The van der Waals surface area contributed by atoms with Gasteiger partial charge in [0.1, 0.15) is 0 Å². The number of carbonyl (C=O) groups is 2. The molecule has 1 fully saturated rings. The van der Waals surface area contributed by atoms with Crippen LogP contribution in [0.4, 0.5) is 0 Å². The van der Waals surface area contributed by atoms with Crippen LogP contribution >= 0.6 is 0 Å². The number of unbranched alkanes of at least 4 members (excludes halogenated alkanes) is 3. The van der Waals surface area contributed by atoms with Gasteiger partial charge in [0.05, 0.1) is 12.7 Å². The predicted molar refractivity (Wildman–Crippen MR) is 111 cm³/mol. The molecule has 2 rings (SSSR count). The molecule has 0 spiro atoms. The van der Waals surface area contributed by atoms with Crippen molar-refractivity contribution in [3.63, 3.8) is 0 Å². The van der Waals surface area contributed by atoms with Crippen molar-refractivity contribution in [2.45, 2.75) is 83.0 Å². The number of carbonyl (C=O) groups excluding carboxylic acids is 1. The van der Waals surface area contributed by atoms with Gasteiger partial charge in [-0.1, -0.05) is 37.1 Å². The van der Waals surface area contributed by atoms with E-state index in [1.165, 1.54) is 0 Å². The predicted octanol–water partition coefficient (Wildman–Crippen LogP) is 4.06. The summed E-state index contributed by atoms with van der Waals surface area (Å²) in [5.41, 5.74) is 1.97. The fourth-order valence-corrected chi connectivity index (χ4v) is 4.08. The standard InChI is InChI=1S/C23H35NO5/c1-29-17-18-8-6-9-19(16-18)21(25)11-7-10-20-13-14-22(26)24(20)15-5-3-2-4-12-23(27)28/h6,8-9,16,20-21,25H,2-5,7,10-15,17H2,1H3,(H,27,28)/t20-,21+/m0/s1. The zero-order chi connectivity index (χ0) is 21.1. The Labute approximate surface area is 173 Å². The molecule has 0 unspecified atom stereocenters. The summed E-state index contributed by atoms with van der Waals surface area (Å²) in [4.78, 5) is 24.7. The quantitative estimate of drug-likeness (QED) is 0.456. The Morgan fingerprint density at radius 2 is 2.03 bits per heavy atom. The van der Waals surface area contributed by atoms with Crippen LogP contribution in [-0.2, 0) is 20.9 Å². The molecule has 0 radical (unpaired) electrons. The molecule has 1 aliphatic heterocycles. The molecule has 1 aromatic rings. The van der Waals surface area contributed by atoms with Crippen LogP contribution in [0.2, 0.25) is 0 Å². The van der Waals surface area contributed by atoms with Gasteiger partial charge in [0.25, 0.3) is 0 Å².